The Labute approximate surface area is 160 Å². The van der Waals surface area contributed by atoms with Crippen LogP contribution in [-0.2, 0) is 11.3 Å². The zero-order chi connectivity index (χ0) is 18.2. The molecule has 27 heavy (non-hydrogen) atoms. The topological polar surface area (TPSA) is 38.2 Å². The summed E-state index contributed by atoms with van der Waals surface area (Å²) in [7, 11) is 0. The summed E-state index contributed by atoms with van der Waals surface area (Å²) in [6, 6.07) is 15.3. The number of hydrogen-bond acceptors (Lipinski definition) is 5. The van der Waals surface area contributed by atoms with Crippen molar-refractivity contribution in [1.29, 1.82) is 0 Å². The zero-order valence-electron chi connectivity index (χ0n) is 14.6. The van der Waals surface area contributed by atoms with Crippen molar-refractivity contribution in [3.63, 3.8) is 0 Å². The number of thiazole rings is 1. The number of pyridine rings is 1. The van der Waals surface area contributed by atoms with Gasteiger partial charge in [0.15, 0.2) is 0 Å². The maximum absolute atomic E-state index is 13.4. The average molecular weight is 379 g/mol. The van der Waals surface area contributed by atoms with E-state index < -0.39 is 0 Å². The Kier molecular flexibility index (Phi) is 4.22. The molecule has 1 saturated heterocycles. The van der Waals surface area contributed by atoms with E-state index in [9.17, 15) is 4.39 Å². The van der Waals surface area contributed by atoms with Crippen molar-refractivity contribution >= 4 is 38.1 Å². The van der Waals surface area contributed by atoms with Gasteiger partial charge in [0.25, 0.3) is 0 Å². The fraction of sp³-hybridized carbons (Fsp3) is 0.238. The Hall–Kier alpha value is -2.57. The summed E-state index contributed by atoms with van der Waals surface area (Å²) in [6.45, 7) is 2.19. The summed E-state index contributed by atoms with van der Waals surface area (Å²) in [5.41, 5.74) is 5.84. The van der Waals surface area contributed by atoms with Gasteiger partial charge in [-0.2, -0.15) is 0 Å². The molecule has 0 radical (unpaired) electrons. The lowest BCUT2D eigenvalue weighted by molar-refractivity contribution is 0.193. The smallest absolute Gasteiger partial charge is 0.123 e. The summed E-state index contributed by atoms with van der Waals surface area (Å²) < 4.78 is 20.2. The molecule has 2 aromatic carbocycles. The van der Waals surface area contributed by atoms with E-state index in [0.29, 0.717) is 12.6 Å². The fourth-order valence-electron chi connectivity index (χ4n) is 3.62. The van der Waals surface area contributed by atoms with Crippen LogP contribution in [0.3, 0.4) is 0 Å². The Morgan fingerprint density at radius 1 is 1.11 bits per heavy atom. The van der Waals surface area contributed by atoms with E-state index >= 15 is 0 Å². The Morgan fingerprint density at radius 2 is 2.04 bits per heavy atom. The molecule has 1 fully saturated rings. The predicted molar refractivity (Wildman–Crippen MR) is 107 cm³/mol. The second kappa shape index (κ2) is 6.87. The predicted octanol–water partition coefficient (Wildman–Crippen LogP) is 4.78. The first-order valence-corrected chi connectivity index (χ1v) is 9.87. The number of halogens is 1. The van der Waals surface area contributed by atoms with Gasteiger partial charge in [-0.25, -0.2) is 9.37 Å². The maximum Gasteiger partial charge on any atom is 0.123 e. The van der Waals surface area contributed by atoms with Crippen molar-refractivity contribution in [3.8, 4) is 0 Å². The van der Waals surface area contributed by atoms with Crippen LogP contribution in [0.15, 0.2) is 54.0 Å². The van der Waals surface area contributed by atoms with Crippen LogP contribution in [0.1, 0.15) is 12.1 Å². The molecule has 0 aliphatic carbocycles. The third-order valence-corrected chi connectivity index (χ3v) is 5.83. The van der Waals surface area contributed by atoms with Crippen LogP contribution in [0.25, 0.3) is 21.1 Å². The van der Waals surface area contributed by atoms with E-state index in [1.54, 1.807) is 17.4 Å². The van der Waals surface area contributed by atoms with Crippen LogP contribution >= 0.6 is 11.3 Å². The van der Waals surface area contributed by atoms with E-state index in [4.69, 9.17) is 9.72 Å². The van der Waals surface area contributed by atoms with Gasteiger partial charge in [-0.15, -0.1) is 11.3 Å². The summed E-state index contributed by atoms with van der Waals surface area (Å²) in [6.07, 6.45) is 1.000. The summed E-state index contributed by atoms with van der Waals surface area (Å²) >= 11 is 1.65. The normalized spacial score (nSPS) is 17.0. The first-order chi connectivity index (χ1) is 13.3. The number of nitrogens with zero attached hydrogens (tertiary/aromatic N) is 3. The van der Waals surface area contributed by atoms with Crippen molar-refractivity contribution in [1.82, 2.24) is 9.97 Å². The lowest BCUT2D eigenvalue weighted by Gasteiger charge is -2.30. The van der Waals surface area contributed by atoms with Crippen molar-refractivity contribution in [3.05, 3.63) is 65.6 Å². The van der Waals surface area contributed by atoms with Gasteiger partial charge < -0.3 is 9.64 Å². The molecule has 1 atom stereocenters. The highest BCUT2D eigenvalue weighted by Crippen LogP contribution is 2.29. The molecule has 2 aromatic heterocycles. The van der Waals surface area contributed by atoms with E-state index in [-0.39, 0.29) is 5.82 Å². The van der Waals surface area contributed by atoms with Crippen LogP contribution in [-0.4, -0.2) is 29.2 Å². The zero-order valence-corrected chi connectivity index (χ0v) is 15.5. The monoisotopic (exact) mass is 379 g/mol. The number of hydrogen-bond donors (Lipinski definition) is 0. The highest BCUT2D eigenvalue weighted by molar-refractivity contribution is 7.16. The molecule has 0 saturated carbocycles. The summed E-state index contributed by atoms with van der Waals surface area (Å²) in [5, 5.41) is 0.820. The quantitative estimate of drug-likeness (QED) is 0.511. The summed E-state index contributed by atoms with van der Waals surface area (Å²) in [5.74, 6) is -0.236. The third-order valence-electron chi connectivity index (χ3n) is 5.03. The largest absolute Gasteiger partial charge is 0.379 e. The van der Waals surface area contributed by atoms with Gasteiger partial charge in [0, 0.05) is 17.7 Å². The van der Waals surface area contributed by atoms with Crippen LogP contribution in [0.5, 0.6) is 0 Å². The van der Waals surface area contributed by atoms with Gasteiger partial charge in [0.2, 0.25) is 0 Å². The molecule has 3 heterocycles. The minimum absolute atomic E-state index is 0.236. The van der Waals surface area contributed by atoms with E-state index in [0.717, 1.165) is 47.4 Å². The molecule has 1 aliphatic heterocycles. The second-order valence-electron chi connectivity index (χ2n) is 6.79. The van der Waals surface area contributed by atoms with Gasteiger partial charge in [-0.3, -0.25) is 4.98 Å². The highest BCUT2D eigenvalue weighted by Gasteiger charge is 2.24. The molecule has 0 spiro atoms. The van der Waals surface area contributed by atoms with Crippen LogP contribution in [0.4, 0.5) is 10.1 Å². The molecule has 0 N–H and O–H groups in total. The van der Waals surface area contributed by atoms with Gasteiger partial charge in [0.1, 0.15) is 5.82 Å². The van der Waals surface area contributed by atoms with Crippen molar-refractivity contribution < 1.29 is 9.13 Å². The maximum atomic E-state index is 13.4. The Morgan fingerprint density at radius 3 is 2.93 bits per heavy atom. The van der Waals surface area contributed by atoms with E-state index in [2.05, 4.69) is 28.1 Å². The molecule has 4 nitrogen and oxygen atoms in total. The molecule has 1 aliphatic rings. The Balaban J connectivity index is 1.51. The van der Waals surface area contributed by atoms with Crippen molar-refractivity contribution in [2.75, 3.05) is 18.1 Å². The van der Waals surface area contributed by atoms with Gasteiger partial charge >= 0.3 is 0 Å². The number of ether oxygens (including phenoxy) is 1. The van der Waals surface area contributed by atoms with Gasteiger partial charge in [0.05, 0.1) is 46.1 Å². The number of fused-ring (bicyclic) bond motifs is 2. The van der Waals surface area contributed by atoms with Crippen LogP contribution in [0.2, 0.25) is 0 Å². The first-order valence-electron chi connectivity index (χ1n) is 8.99. The standard InChI is InChI=1S/C21H18FN3OS/c22-15-2-5-19-14(9-15)1-3-16(24-19)11-25(18-7-8-26-12-18)17-4-6-20-21(10-17)27-13-23-20/h1-6,9-10,13,18H,7-8,11-12H2. The number of aromatic nitrogens is 2. The number of rotatable bonds is 4. The lowest BCUT2D eigenvalue weighted by Crippen LogP contribution is -2.35. The van der Waals surface area contributed by atoms with E-state index in [1.165, 1.54) is 16.8 Å². The fourth-order valence-corrected chi connectivity index (χ4v) is 4.33. The summed E-state index contributed by atoms with van der Waals surface area (Å²) in [4.78, 5) is 11.5. The molecule has 5 rings (SSSR count). The molecule has 6 heteroatoms. The molecule has 0 bridgehead atoms. The first kappa shape index (κ1) is 16.6. The molecular weight excluding hydrogens is 361 g/mol. The molecular formula is C21H18FN3OS. The van der Waals surface area contributed by atoms with E-state index in [1.807, 2.05) is 17.6 Å². The second-order valence-corrected chi connectivity index (χ2v) is 7.68. The average Bonchev–Trinajstić information content (AvgIpc) is 3.37. The Bertz CT molecular complexity index is 1110. The minimum Gasteiger partial charge on any atom is -0.379 e. The molecule has 1 unspecified atom stereocenters. The molecule has 4 aromatic rings. The molecule has 136 valence electrons. The van der Waals surface area contributed by atoms with Gasteiger partial charge in [-0.1, -0.05) is 6.07 Å². The number of anilines is 1. The highest BCUT2D eigenvalue weighted by atomic mass is 32.1. The number of benzene rings is 2. The minimum atomic E-state index is -0.236. The van der Waals surface area contributed by atoms with Gasteiger partial charge in [-0.05, 0) is 48.9 Å². The third kappa shape index (κ3) is 3.26. The van der Waals surface area contributed by atoms with Crippen molar-refractivity contribution in [2.45, 2.75) is 19.0 Å². The lowest BCUT2D eigenvalue weighted by atomic mass is 10.1. The van der Waals surface area contributed by atoms with Crippen molar-refractivity contribution in [2.24, 2.45) is 0 Å². The van der Waals surface area contributed by atoms with Crippen LogP contribution < -0.4 is 4.90 Å². The van der Waals surface area contributed by atoms with Crippen LogP contribution in [0, 0.1) is 5.82 Å². The molecule has 0 amide bonds. The SMILES string of the molecule is Fc1ccc2nc(CN(c3ccc4ncsc4c3)C3CCOC3)ccc2c1.